The van der Waals surface area contributed by atoms with Crippen molar-refractivity contribution in [1.82, 2.24) is 19.7 Å². The quantitative estimate of drug-likeness (QED) is 0.196. The van der Waals surface area contributed by atoms with Gasteiger partial charge in [0.05, 0.1) is 23.1 Å². The molecule has 0 aliphatic rings. The van der Waals surface area contributed by atoms with Crippen LogP contribution in [0.1, 0.15) is 5.56 Å². The number of hydrogen-bond donors (Lipinski definition) is 1. The Kier molecular flexibility index (Phi) is 7.31. The molecule has 0 spiro atoms. The molecule has 0 fully saturated rings. The SMILES string of the molecule is COc1ccc(-n2c(SCC(=O)Nc3ccc(-c4nc5ccc(C)cc5s4)cc3)nnc2-c2ccccc2)cc1. The highest BCUT2D eigenvalue weighted by Gasteiger charge is 2.17. The number of fused-ring (bicyclic) bond motifs is 1. The van der Waals surface area contributed by atoms with Crippen LogP contribution in [0.5, 0.6) is 5.75 Å². The summed E-state index contributed by atoms with van der Waals surface area (Å²) in [6, 6.07) is 31.6. The first-order valence-corrected chi connectivity index (χ1v) is 14.4. The minimum absolute atomic E-state index is 0.126. The lowest BCUT2D eigenvalue weighted by atomic mass is 10.2. The van der Waals surface area contributed by atoms with Crippen LogP contribution in [-0.2, 0) is 4.79 Å². The lowest BCUT2D eigenvalue weighted by Crippen LogP contribution is -2.14. The molecule has 9 heteroatoms. The van der Waals surface area contributed by atoms with Crippen LogP contribution in [-0.4, -0.2) is 38.5 Å². The Morgan fingerprint density at radius 2 is 1.70 bits per heavy atom. The topological polar surface area (TPSA) is 81.9 Å². The number of thiazole rings is 1. The molecule has 0 atom stereocenters. The predicted octanol–water partition coefficient (Wildman–Crippen LogP) is 7.26. The van der Waals surface area contributed by atoms with Crippen molar-refractivity contribution in [3.05, 3.63) is 103 Å². The molecule has 0 saturated heterocycles. The molecule has 0 bridgehead atoms. The summed E-state index contributed by atoms with van der Waals surface area (Å²) < 4.78 is 8.44. The summed E-state index contributed by atoms with van der Waals surface area (Å²) in [6.07, 6.45) is 0. The number of carbonyl (C=O) groups is 1. The van der Waals surface area contributed by atoms with Crippen molar-refractivity contribution in [2.24, 2.45) is 0 Å². The number of nitrogens with one attached hydrogen (secondary N) is 1. The van der Waals surface area contributed by atoms with Crippen LogP contribution in [0.15, 0.2) is 102 Å². The van der Waals surface area contributed by atoms with Crippen LogP contribution in [0.3, 0.4) is 0 Å². The van der Waals surface area contributed by atoms with Crippen molar-refractivity contribution in [1.29, 1.82) is 0 Å². The molecule has 6 aromatic rings. The Morgan fingerprint density at radius 1 is 0.925 bits per heavy atom. The monoisotopic (exact) mass is 563 g/mol. The van der Waals surface area contributed by atoms with Gasteiger partial charge in [-0.05, 0) is 73.2 Å². The van der Waals surface area contributed by atoms with Gasteiger partial charge in [-0.2, -0.15) is 0 Å². The number of carbonyl (C=O) groups excluding carboxylic acids is 1. The predicted molar refractivity (Wildman–Crippen MR) is 162 cm³/mol. The molecule has 0 aliphatic heterocycles. The zero-order valence-electron chi connectivity index (χ0n) is 21.9. The number of aromatic nitrogens is 4. The fourth-order valence-electron chi connectivity index (χ4n) is 4.28. The lowest BCUT2D eigenvalue weighted by molar-refractivity contribution is -0.113. The van der Waals surface area contributed by atoms with E-state index in [1.165, 1.54) is 22.0 Å². The highest BCUT2D eigenvalue weighted by molar-refractivity contribution is 7.99. The molecule has 2 heterocycles. The third-order valence-corrected chi connectivity index (χ3v) is 8.28. The molecule has 0 unspecified atom stereocenters. The number of anilines is 1. The minimum atomic E-state index is -0.126. The van der Waals surface area contributed by atoms with Gasteiger partial charge in [-0.3, -0.25) is 9.36 Å². The molecular weight excluding hydrogens is 539 g/mol. The third kappa shape index (κ3) is 5.47. The van der Waals surface area contributed by atoms with Gasteiger partial charge in [0.1, 0.15) is 10.8 Å². The first-order valence-electron chi connectivity index (χ1n) is 12.6. The average Bonchev–Trinajstić information content (AvgIpc) is 3.61. The molecule has 198 valence electrons. The van der Waals surface area contributed by atoms with Crippen molar-refractivity contribution in [2.45, 2.75) is 12.1 Å². The zero-order valence-corrected chi connectivity index (χ0v) is 23.5. The second-order valence-electron chi connectivity index (χ2n) is 9.11. The van der Waals surface area contributed by atoms with E-state index in [-0.39, 0.29) is 11.7 Å². The normalized spacial score (nSPS) is 11.1. The molecular formula is C31H25N5O2S2. The van der Waals surface area contributed by atoms with Crippen molar-refractivity contribution in [3.63, 3.8) is 0 Å². The fraction of sp³-hybridized carbons (Fsp3) is 0.0968. The Labute approximate surface area is 239 Å². The third-order valence-electron chi connectivity index (χ3n) is 6.29. The van der Waals surface area contributed by atoms with Gasteiger partial charge in [0.25, 0.3) is 0 Å². The molecule has 0 radical (unpaired) electrons. The Morgan fingerprint density at radius 3 is 2.45 bits per heavy atom. The number of methoxy groups -OCH3 is 1. The van der Waals surface area contributed by atoms with Crippen LogP contribution in [0.2, 0.25) is 0 Å². The number of ether oxygens (including phenoxy) is 1. The summed E-state index contributed by atoms with van der Waals surface area (Å²) in [5.41, 5.74) is 5.79. The van der Waals surface area contributed by atoms with Gasteiger partial charge in [-0.1, -0.05) is 48.2 Å². The smallest absolute Gasteiger partial charge is 0.234 e. The lowest BCUT2D eigenvalue weighted by Gasteiger charge is -2.11. The number of rotatable bonds is 8. The summed E-state index contributed by atoms with van der Waals surface area (Å²) >= 11 is 3.00. The van der Waals surface area contributed by atoms with E-state index in [1.54, 1.807) is 18.4 Å². The summed E-state index contributed by atoms with van der Waals surface area (Å²) in [7, 11) is 1.64. The molecule has 2 aromatic heterocycles. The second kappa shape index (κ2) is 11.3. The van der Waals surface area contributed by atoms with Gasteiger partial charge in [-0.15, -0.1) is 21.5 Å². The maximum absolute atomic E-state index is 12.9. The van der Waals surface area contributed by atoms with E-state index in [0.717, 1.165) is 38.8 Å². The summed E-state index contributed by atoms with van der Waals surface area (Å²) in [4.78, 5) is 17.6. The van der Waals surface area contributed by atoms with Crippen LogP contribution in [0.25, 0.3) is 37.9 Å². The van der Waals surface area contributed by atoms with E-state index in [1.807, 2.05) is 83.4 Å². The second-order valence-corrected chi connectivity index (χ2v) is 11.1. The van der Waals surface area contributed by atoms with Crippen LogP contribution in [0.4, 0.5) is 5.69 Å². The van der Waals surface area contributed by atoms with Crippen LogP contribution < -0.4 is 10.1 Å². The van der Waals surface area contributed by atoms with E-state index < -0.39 is 0 Å². The Balaban J connectivity index is 1.17. The number of benzene rings is 4. The highest BCUT2D eigenvalue weighted by atomic mass is 32.2. The van der Waals surface area contributed by atoms with Gasteiger partial charge in [0, 0.05) is 22.5 Å². The molecule has 6 rings (SSSR count). The number of nitrogens with zero attached hydrogens (tertiary/aromatic N) is 4. The fourth-order valence-corrected chi connectivity index (χ4v) is 6.10. The number of thioether (sulfide) groups is 1. The van der Waals surface area contributed by atoms with Crippen molar-refractivity contribution >= 4 is 44.9 Å². The van der Waals surface area contributed by atoms with Crippen LogP contribution >= 0.6 is 23.1 Å². The van der Waals surface area contributed by atoms with E-state index in [2.05, 4.69) is 40.6 Å². The zero-order chi connectivity index (χ0) is 27.5. The minimum Gasteiger partial charge on any atom is -0.497 e. The number of aryl methyl sites for hydroxylation is 1. The highest BCUT2D eigenvalue weighted by Crippen LogP contribution is 2.32. The molecule has 1 N–H and O–H groups in total. The maximum Gasteiger partial charge on any atom is 0.234 e. The van der Waals surface area contributed by atoms with Gasteiger partial charge in [-0.25, -0.2) is 4.98 Å². The number of amides is 1. The van der Waals surface area contributed by atoms with Gasteiger partial charge in [0.2, 0.25) is 5.91 Å². The molecule has 0 aliphatic carbocycles. The average molecular weight is 564 g/mol. The van der Waals surface area contributed by atoms with E-state index >= 15 is 0 Å². The number of hydrogen-bond acceptors (Lipinski definition) is 7. The van der Waals surface area contributed by atoms with Gasteiger partial charge >= 0.3 is 0 Å². The molecule has 7 nitrogen and oxygen atoms in total. The summed E-state index contributed by atoms with van der Waals surface area (Å²) in [5, 5.41) is 13.4. The summed E-state index contributed by atoms with van der Waals surface area (Å²) in [6.45, 7) is 2.08. The van der Waals surface area contributed by atoms with E-state index in [4.69, 9.17) is 9.72 Å². The summed E-state index contributed by atoms with van der Waals surface area (Å²) in [5.74, 6) is 1.52. The molecule has 1 amide bonds. The first kappa shape index (κ1) is 25.8. The maximum atomic E-state index is 12.9. The van der Waals surface area contributed by atoms with E-state index in [0.29, 0.717) is 11.0 Å². The first-order chi connectivity index (χ1) is 19.6. The molecule has 4 aromatic carbocycles. The Hall–Kier alpha value is -4.47. The van der Waals surface area contributed by atoms with E-state index in [9.17, 15) is 4.79 Å². The largest absolute Gasteiger partial charge is 0.497 e. The van der Waals surface area contributed by atoms with Crippen molar-refractivity contribution in [3.8, 4) is 33.4 Å². The standard InChI is InChI=1S/C31H25N5O2S2/c1-20-8-17-26-27(18-20)40-30(33-26)22-9-11-23(12-10-22)32-28(37)19-39-31-35-34-29(21-6-4-3-5-7-21)36(31)24-13-15-25(38-2)16-14-24/h3-18H,19H2,1-2H3,(H,32,37). The van der Waals surface area contributed by atoms with Gasteiger partial charge < -0.3 is 10.1 Å². The van der Waals surface area contributed by atoms with Crippen molar-refractivity contribution < 1.29 is 9.53 Å². The molecule has 40 heavy (non-hydrogen) atoms. The Bertz CT molecular complexity index is 1780. The van der Waals surface area contributed by atoms with Gasteiger partial charge in [0.15, 0.2) is 11.0 Å². The van der Waals surface area contributed by atoms with Crippen molar-refractivity contribution in [2.75, 3.05) is 18.2 Å². The molecule has 0 saturated carbocycles. The van der Waals surface area contributed by atoms with Crippen LogP contribution in [0, 0.1) is 6.92 Å².